The van der Waals surface area contributed by atoms with E-state index >= 15 is 0 Å². The summed E-state index contributed by atoms with van der Waals surface area (Å²) in [6.07, 6.45) is 2.44. The topological polar surface area (TPSA) is 32.6 Å². The molecule has 0 bridgehead atoms. The van der Waals surface area contributed by atoms with Crippen LogP contribution in [0.3, 0.4) is 0 Å². The Labute approximate surface area is 119 Å². The lowest BCUT2D eigenvalue weighted by Gasteiger charge is -2.11. The van der Waals surface area contributed by atoms with Crippen LogP contribution in [0.1, 0.15) is 30.4 Å². The minimum absolute atomic E-state index is 0.184. The van der Waals surface area contributed by atoms with Gasteiger partial charge in [-0.3, -0.25) is 4.99 Å². The Morgan fingerprint density at radius 2 is 1.40 bits per heavy atom. The molecular weight excluding hydrogens is 246 g/mol. The van der Waals surface area contributed by atoms with E-state index in [-0.39, 0.29) is 12.1 Å². The highest BCUT2D eigenvalue weighted by Crippen LogP contribution is 2.24. The maximum atomic E-state index is 9.68. The van der Waals surface area contributed by atoms with Crippen molar-refractivity contribution in [3.8, 4) is 0 Å². The zero-order valence-corrected chi connectivity index (χ0v) is 11.4. The van der Waals surface area contributed by atoms with Crippen molar-refractivity contribution in [3.63, 3.8) is 0 Å². The molecule has 0 aromatic heterocycles. The molecule has 2 atom stereocenters. The van der Waals surface area contributed by atoms with Crippen LogP contribution in [-0.2, 0) is 0 Å². The smallest absolute Gasteiger partial charge is 0.0722 e. The number of hydrogen-bond donors (Lipinski definition) is 1. The third-order valence-electron chi connectivity index (χ3n) is 3.78. The second-order valence-corrected chi connectivity index (χ2v) is 5.33. The zero-order chi connectivity index (χ0) is 13.8. The van der Waals surface area contributed by atoms with Crippen LogP contribution in [-0.4, -0.2) is 23.0 Å². The number of aliphatic imine (C=N–C) groups is 1. The highest BCUT2D eigenvalue weighted by Gasteiger charge is 2.23. The average molecular weight is 265 g/mol. The lowest BCUT2D eigenvalue weighted by molar-refractivity contribution is 0.181. The van der Waals surface area contributed by atoms with Crippen LogP contribution in [0.4, 0.5) is 0 Å². The molecule has 2 unspecified atom stereocenters. The monoisotopic (exact) mass is 265 g/mol. The molecule has 1 fully saturated rings. The van der Waals surface area contributed by atoms with Crippen LogP contribution in [0, 0.1) is 0 Å². The molecule has 0 aliphatic heterocycles. The second-order valence-electron chi connectivity index (χ2n) is 5.33. The van der Waals surface area contributed by atoms with E-state index in [1.807, 2.05) is 36.4 Å². The molecule has 0 heterocycles. The predicted octanol–water partition coefficient (Wildman–Crippen LogP) is 3.44. The summed E-state index contributed by atoms with van der Waals surface area (Å²) in [5, 5.41) is 9.68. The fourth-order valence-corrected chi connectivity index (χ4v) is 2.74. The second kappa shape index (κ2) is 6.02. The molecule has 1 aliphatic carbocycles. The van der Waals surface area contributed by atoms with Gasteiger partial charge in [-0.2, -0.15) is 0 Å². The summed E-state index contributed by atoms with van der Waals surface area (Å²) >= 11 is 0. The summed E-state index contributed by atoms with van der Waals surface area (Å²) in [5.74, 6) is 0. The van der Waals surface area contributed by atoms with E-state index < -0.39 is 0 Å². The van der Waals surface area contributed by atoms with E-state index in [4.69, 9.17) is 4.99 Å². The van der Waals surface area contributed by atoms with Crippen LogP contribution in [0.2, 0.25) is 0 Å². The van der Waals surface area contributed by atoms with E-state index in [1.54, 1.807) is 0 Å². The summed E-state index contributed by atoms with van der Waals surface area (Å²) in [6.45, 7) is 0. The van der Waals surface area contributed by atoms with Crippen molar-refractivity contribution in [1.29, 1.82) is 0 Å². The van der Waals surface area contributed by atoms with Gasteiger partial charge in [-0.1, -0.05) is 60.7 Å². The van der Waals surface area contributed by atoms with Crippen LogP contribution in [0.25, 0.3) is 0 Å². The number of hydrogen-bond acceptors (Lipinski definition) is 2. The molecule has 0 saturated heterocycles. The van der Waals surface area contributed by atoms with Crippen LogP contribution >= 0.6 is 0 Å². The molecule has 102 valence electrons. The highest BCUT2D eigenvalue weighted by molar-refractivity contribution is 6.12. The fourth-order valence-electron chi connectivity index (χ4n) is 2.74. The Kier molecular flexibility index (Phi) is 3.93. The SMILES string of the molecule is OC1CCC(N=C(c2ccccc2)c2ccccc2)C1. The largest absolute Gasteiger partial charge is 0.393 e. The number of aliphatic hydroxyl groups excluding tert-OH is 1. The highest BCUT2D eigenvalue weighted by atomic mass is 16.3. The van der Waals surface area contributed by atoms with Crippen molar-refractivity contribution >= 4 is 5.71 Å². The maximum Gasteiger partial charge on any atom is 0.0722 e. The minimum atomic E-state index is -0.184. The Hall–Kier alpha value is -1.93. The van der Waals surface area contributed by atoms with E-state index in [1.165, 1.54) is 0 Å². The molecular formula is C18H19NO. The third kappa shape index (κ3) is 2.97. The number of aliphatic hydroxyl groups is 1. The number of nitrogens with zero attached hydrogens (tertiary/aromatic N) is 1. The van der Waals surface area contributed by atoms with Gasteiger partial charge in [-0.05, 0) is 19.3 Å². The zero-order valence-electron chi connectivity index (χ0n) is 11.4. The molecule has 1 aliphatic rings. The van der Waals surface area contributed by atoms with Crippen molar-refractivity contribution in [2.75, 3.05) is 0 Å². The molecule has 0 radical (unpaired) electrons. The van der Waals surface area contributed by atoms with Gasteiger partial charge in [0, 0.05) is 11.1 Å². The summed E-state index contributed by atoms with van der Waals surface area (Å²) in [6, 6.07) is 20.8. The summed E-state index contributed by atoms with van der Waals surface area (Å²) < 4.78 is 0. The van der Waals surface area contributed by atoms with Gasteiger partial charge in [-0.15, -0.1) is 0 Å². The Morgan fingerprint density at radius 3 is 1.85 bits per heavy atom. The lowest BCUT2D eigenvalue weighted by Crippen LogP contribution is -2.10. The molecule has 2 aromatic rings. The molecule has 2 heteroatoms. The molecule has 2 aromatic carbocycles. The Morgan fingerprint density at radius 1 is 0.850 bits per heavy atom. The summed E-state index contributed by atoms with van der Waals surface area (Å²) in [4.78, 5) is 4.92. The van der Waals surface area contributed by atoms with Crippen LogP contribution in [0.15, 0.2) is 65.7 Å². The summed E-state index contributed by atoms with van der Waals surface area (Å²) in [7, 11) is 0. The van der Waals surface area contributed by atoms with E-state index in [0.29, 0.717) is 0 Å². The van der Waals surface area contributed by atoms with Crippen molar-refractivity contribution in [2.45, 2.75) is 31.4 Å². The molecule has 1 saturated carbocycles. The van der Waals surface area contributed by atoms with Crippen molar-refractivity contribution in [3.05, 3.63) is 71.8 Å². The van der Waals surface area contributed by atoms with Gasteiger partial charge >= 0.3 is 0 Å². The predicted molar refractivity (Wildman–Crippen MR) is 82.2 cm³/mol. The van der Waals surface area contributed by atoms with Crippen molar-refractivity contribution < 1.29 is 5.11 Å². The van der Waals surface area contributed by atoms with Gasteiger partial charge in [0.05, 0.1) is 17.9 Å². The molecule has 3 rings (SSSR count). The van der Waals surface area contributed by atoms with Crippen LogP contribution in [0.5, 0.6) is 0 Å². The van der Waals surface area contributed by atoms with Crippen molar-refractivity contribution in [1.82, 2.24) is 0 Å². The summed E-state index contributed by atoms with van der Waals surface area (Å²) in [5.41, 5.74) is 3.31. The molecule has 2 nitrogen and oxygen atoms in total. The van der Waals surface area contributed by atoms with Gasteiger partial charge in [0.1, 0.15) is 0 Å². The normalized spacial score (nSPS) is 21.6. The molecule has 0 amide bonds. The van der Waals surface area contributed by atoms with Gasteiger partial charge in [0.2, 0.25) is 0 Å². The number of rotatable bonds is 3. The molecule has 0 spiro atoms. The molecule has 1 N–H and O–H groups in total. The number of benzene rings is 2. The van der Waals surface area contributed by atoms with Crippen LogP contribution < -0.4 is 0 Å². The average Bonchev–Trinajstić information content (AvgIpc) is 2.92. The quantitative estimate of drug-likeness (QED) is 0.847. The Bertz CT molecular complexity index is 535. The van der Waals surface area contributed by atoms with Gasteiger partial charge in [0.15, 0.2) is 0 Å². The Balaban J connectivity index is 1.98. The first-order valence-corrected chi connectivity index (χ1v) is 7.19. The van der Waals surface area contributed by atoms with Gasteiger partial charge in [-0.25, -0.2) is 0 Å². The van der Waals surface area contributed by atoms with Crippen molar-refractivity contribution in [2.24, 2.45) is 4.99 Å². The van der Waals surface area contributed by atoms with Gasteiger partial charge < -0.3 is 5.11 Å². The first-order chi connectivity index (χ1) is 9.83. The maximum absolute atomic E-state index is 9.68. The van der Waals surface area contributed by atoms with E-state index in [2.05, 4.69) is 24.3 Å². The lowest BCUT2D eigenvalue weighted by atomic mass is 10.0. The van der Waals surface area contributed by atoms with Gasteiger partial charge in [0.25, 0.3) is 0 Å². The fraction of sp³-hybridized carbons (Fsp3) is 0.278. The first kappa shape index (κ1) is 13.1. The van der Waals surface area contributed by atoms with E-state index in [0.717, 1.165) is 36.1 Å². The minimum Gasteiger partial charge on any atom is -0.393 e. The first-order valence-electron chi connectivity index (χ1n) is 7.19. The standard InChI is InChI=1S/C18H19NO/c20-17-12-11-16(13-17)19-18(14-7-3-1-4-8-14)15-9-5-2-6-10-15/h1-10,16-17,20H,11-13H2. The third-order valence-corrected chi connectivity index (χ3v) is 3.78. The molecule has 20 heavy (non-hydrogen) atoms. The van der Waals surface area contributed by atoms with E-state index in [9.17, 15) is 5.11 Å².